The zero-order valence-corrected chi connectivity index (χ0v) is 17.3. The fourth-order valence-electron chi connectivity index (χ4n) is 2.44. The highest BCUT2D eigenvalue weighted by Gasteiger charge is 2.23. The maximum atomic E-state index is 5.51. The maximum Gasteiger partial charge on any atom is 0.119 e. The molecule has 0 saturated carbocycles. The first-order valence-corrected chi connectivity index (χ1v) is 9.54. The van der Waals surface area contributed by atoms with Crippen LogP contribution in [0, 0.1) is 0 Å². The van der Waals surface area contributed by atoms with Gasteiger partial charge in [0, 0.05) is 5.41 Å². The first kappa shape index (κ1) is 23.0. The van der Waals surface area contributed by atoms with E-state index in [0.29, 0.717) is 13.2 Å². The highest BCUT2D eigenvalue weighted by atomic mass is 16.5. The van der Waals surface area contributed by atoms with Gasteiger partial charge in [-0.3, -0.25) is 0 Å². The normalized spacial score (nSPS) is 9.92. The Balaban J connectivity index is 0.00000134. The highest BCUT2D eigenvalue weighted by Crippen LogP contribution is 2.33. The largest absolute Gasteiger partial charge is 0.494 e. The lowest BCUT2D eigenvalue weighted by atomic mass is 9.78. The van der Waals surface area contributed by atoms with Gasteiger partial charge in [-0.25, -0.2) is 0 Å². The third kappa shape index (κ3) is 6.81. The molecule has 0 amide bonds. The van der Waals surface area contributed by atoms with Crippen LogP contribution < -0.4 is 9.47 Å². The fraction of sp³-hybridized carbons (Fsp3) is 0.478. The van der Waals surface area contributed by atoms with Gasteiger partial charge in [0.15, 0.2) is 0 Å². The van der Waals surface area contributed by atoms with Crippen molar-refractivity contribution < 1.29 is 9.47 Å². The van der Waals surface area contributed by atoms with E-state index in [0.717, 1.165) is 11.5 Å². The van der Waals surface area contributed by atoms with E-state index in [4.69, 9.17) is 9.47 Å². The summed E-state index contributed by atoms with van der Waals surface area (Å²) < 4.78 is 11.0. The van der Waals surface area contributed by atoms with Crippen LogP contribution in [0.5, 0.6) is 11.5 Å². The van der Waals surface area contributed by atoms with Gasteiger partial charge in [-0.1, -0.05) is 65.8 Å². The molecule has 0 heterocycles. The van der Waals surface area contributed by atoms with E-state index >= 15 is 0 Å². The summed E-state index contributed by atoms with van der Waals surface area (Å²) >= 11 is 0. The molecule has 140 valence electrons. The summed E-state index contributed by atoms with van der Waals surface area (Å²) in [5, 5.41) is 0. The zero-order chi connectivity index (χ0) is 19.3. The summed E-state index contributed by atoms with van der Waals surface area (Å²) in [5.41, 5.74) is 2.50. The number of rotatable bonds is 6. The number of ether oxygens (including phenoxy) is 2. The molecular weight excluding hydrogens is 308 g/mol. The van der Waals surface area contributed by atoms with Gasteiger partial charge in [-0.05, 0) is 49.2 Å². The van der Waals surface area contributed by atoms with Crippen molar-refractivity contribution in [1.29, 1.82) is 0 Å². The molecule has 0 bridgehead atoms. The van der Waals surface area contributed by atoms with Crippen molar-refractivity contribution in [2.24, 2.45) is 0 Å². The van der Waals surface area contributed by atoms with Gasteiger partial charge in [0.05, 0.1) is 13.2 Å². The van der Waals surface area contributed by atoms with Crippen molar-refractivity contribution in [3.05, 3.63) is 59.7 Å². The summed E-state index contributed by atoms with van der Waals surface area (Å²) in [6.07, 6.45) is 0. The van der Waals surface area contributed by atoms with E-state index in [2.05, 4.69) is 38.1 Å². The van der Waals surface area contributed by atoms with Gasteiger partial charge in [0.2, 0.25) is 0 Å². The molecule has 2 rings (SSSR count). The van der Waals surface area contributed by atoms with Crippen molar-refractivity contribution in [2.75, 3.05) is 13.2 Å². The number of benzene rings is 2. The van der Waals surface area contributed by atoms with Crippen LogP contribution in [0.3, 0.4) is 0 Å². The van der Waals surface area contributed by atoms with Crippen molar-refractivity contribution in [3.63, 3.8) is 0 Å². The van der Waals surface area contributed by atoms with Gasteiger partial charge in [-0.2, -0.15) is 0 Å². The summed E-state index contributed by atoms with van der Waals surface area (Å²) in [6, 6.07) is 16.7. The van der Waals surface area contributed by atoms with Crippen molar-refractivity contribution in [1.82, 2.24) is 0 Å². The first-order chi connectivity index (χ1) is 12.1. The van der Waals surface area contributed by atoms with Crippen LogP contribution in [0.15, 0.2) is 48.5 Å². The van der Waals surface area contributed by atoms with Crippen molar-refractivity contribution in [3.8, 4) is 11.5 Å². The van der Waals surface area contributed by atoms with Crippen LogP contribution in [0.2, 0.25) is 0 Å². The molecule has 0 aliphatic rings. The lowest BCUT2D eigenvalue weighted by Gasteiger charge is -2.26. The minimum Gasteiger partial charge on any atom is -0.494 e. The van der Waals surface area contributed by atoms with Crippen LogP contribution in [0.1, 0.15) is 66.5 Å². The highest BCUT2D eigenvalue weighted by molar-refractivity contribution is 5.41. The van der Waals surface area contributed by atoms with Crippen molar-refractivity contribution in [2.45, 2.75) is 60.8 Å². The molecular formula is C23H36O2. The fourth-order valence-corrected chi connectivity index (χ4v) is 2.44. The van der Waals surface area contributed by atoms with Crippen LogP contribution in [0.4, 0.5) is 0 Å². The molecule has 0 aromatic heterocycles. The maximum absolute atomic E-state index is 5.51. The van der Waals surface area contributed by atoms with E-state index in [1.807, 2.05) is 65.8 Å². The lowest BCUT2D eigenvalue weighted by molar-refractivity contribution is 0.340. The predicted molar refractivity (Wildman–Crippen MR) is 110 cm³/mol. The minimum atomic E-state index is -0.0461. The molecule has 0 unspecified atom stereocenters. The quantitative estimate of drug-likeness (QED) is 0.569. The monoisotopic (exact) mass is 344 g/mol. The SMILES string of the molecule is CC.CC.CCOc1ccc(C(C)(C)c2ccc(OCC)cc2)cc1. The first-order valence-electron chi connectivity index (χ1n) is 9.54. The molecule has 0 radical (unpaired) electrons. The summed E-state index contributed by atoms with van der Waals surface area (Å²) in [4.78, 5) is 0. The average molecular weight is 345 g/mol. The molecule has 25 heavy (non-hydrogen) atoms. The van der Waals surface area contributed by atoms with E-state index in [9.17, 15) is 0 Å². The van der Waals surface area contributed by atoms with E-state index in [-0.39, 0.29) is 5.41 Å². The minimum absolute atomic E-state index is 0.0461. The molecule has 0 aliphatic carbocycles. The molecule has 0 fully saturated rings. The van der Waals surface area contributed by atoms with Crippen LogP contribution >= 0.6 is 0 Å². The summed E-state index contributed by atoms with van der Waals surface area (Å²) in [5.74, 6) is 1.84. The topological polar surface area (TPSA) is 18.5 Å². The van der Waals surface area contributed by atoms with Crippen LogP contribution in [0.25, 0.3) is 0 Å². The second-order valence-corrected chi connectivity index (χ2v) is 5.54. The van der Waals surface area contributed by atoms with Gasteiger partial charge in [-0.15, -0.1) is 0 Å². The standard InChI is InChI=1S/C19H24O2.2C2H6/c1-5-20-17-11-7-15(8-12-17)19(3,4)16-9-13-18(14-10-16)21-6-2;2*1-2/h7-14H,5-6H2,1-4H3;2*1-2H3. The molecule has 2 nitrogen and oxygen atoms in total. The summed E-state index contributed by atoms with van der Waals surface area (Å²) in [7, 11) is 0. The molecule has 0 aliphatic heterocycles. The molecule has 2 aromatic rings. The Kier molecular flexibility index (Phi) is 11.4. The van der Waals surface area contributed by atoms with E-state index < -0.39 is 0 Å². The summed E-state index contributed by atoms with van der Waals surface area (Å²) in [6.45, 7) is 17.9. The van der Waals surface area contributed by atoms with E-state index in [1.165, 1.54) is 11.1 Å². The van der Waals surface area contributed by atoms with Crippen molar-refractivity contribution >= 4 is 0 Å². The Morgan fingerprint density at radius 3 is 1.12 bits per heavy atom. The van der Waals surface area contributed by atoms with Gasteiger partial charge in [0.1, 0.15) is 11.5 Å². The average Bonchev–Trinajstić information content (AvgIpc) is 2.66. The molecule has 2 heteroatoms. The van der Waals surface area contributed by atoms with Gasteiger partial charge >= 0.3 is 0 Å². The Morgan fingerprint density at radius 2 is 0.880 bits per heavy atom. The Morgan fingerprint density at radius 1 is 0.600 bits per heavy atom. The third-order valence-corrected chi connectivity index (χ3v) is 3.77. The lowest BCUT2D eigenvalue weighted by Crippen LogP contribution is -2.18. The number of hydrogen-bond acceptors (Lipinski definition) is 2. The molecule has 0 atom stereocenters. The number of hydrogen-bond donors (Lipinski definition) is 0. The Hall–Kier alpha value is -1.96. The molecule has 0 N–H and O–H groups in total. The van der Waals surface area contributed by atoms with E-state index in [1.54, 1.807) is 0 Å². The van der Waals surface area contributed by atoms with Crippen LogP contribution in [-0.2, 0) is 5.41 Å². The molecule has 0 saturated heterocycles. The van der Waals surface area contributed by atoms with Crippen LogP contribution in [-0.4, -0.2) is 13.2 Å². The van der Waals surface area contributed by atoms with Gasteiger partial charge < -0.3 is 9.47 Å². The Bertz CT molecular complexity index is 502. The third-order valence-electron chi connectivity index (χ3n) is 3.77. The smallest absolute Gasteiger partial charge is 0.119 e. The van der Waals surface area contributed by atoms with Gasteiger partial charge in [0.25, 0.3) is 0 Å². The second kappa shape index (κ2) is 12.4. The zero-order valence-electron chi connectivity index (χ0n) is 17.3. The molecule has 2 aromatic carbocycles. The molecule has 0 spiro atoms. The second-order valence-electron chi connectivity index (χ2n) is 5.54. The predicted octanol–water partition coefficient (Wildman–Crippen LogP) is 6.86. The Labute approximate surface area is 155 Å².